The smallest absolute Gasteiger partial charge is 0.315 e. The zero-order valence-corrected chi connectivity index (χ0v) is 11.5. The Labute approximate surface area is 117 Å². The van der Waals surface area contributed by atoms with E-state index in [4.69, 9.17) is 5.11 Å². The molecule has 0 aromatic carbocycles. The molecule has 1 aromatic rings. The number of nitrogens with one attached hydrogen (secondary N) is 3. The normalized spacial score (nSPS) is 22.2. The first-order chi connectivity index (χ1) is 9.56. The molecular weight excluding hydrogens is 260 g/mol. The van der Waals surface area contributed by atoms with Gasteiger partial charge in [-0.2, -0.15) is 5.10 Å². The van der Waals surface area contributed by atoms with Crippen LogP contribution < -0.4 is 10.6 Å². The van der Waals surface area contributed by atoms with Crippen LogP contribution in [-0.4, -0.2) is 33.3 Å². The third-order valence-corrected chi connectivity index (χ3v) is 3.73. The Balaban J connectivity index is 1.76. The summed E-state index contributed by atoms with van der Waals surface area (Å²) in [5.74, 6) is -1.11. The fourth-order valence-corrected chi connectivity index (χ4v) is 2.51. The highest BCUT2D eigenvalue weighted by Gasteiger charge is 2.27. The van der Waals surface area contributed by atoms with Gasteiger partial charge in [-0.3, -0.25) is 9.89 Å². The quantitative estimate of drug-likeness (QED) is 0.663. The number of aromatic nitrogens is 2. The van der Waals surface area contributed by atoms with Gasteiger partial charge in [-0.1, -0.05) is 6.42 Å². The van der Waals surface area contributed by atoms with E-state index >= 15 is 0 Å². The summed E-state index contributed by atoms with van der Waals surface area (Å²) in [5.41, 5.74) is 1.86. The van der Waals surface area contributed by atoms with Gasteiger partial charge in [0.15, 0.2) is 0 Å². The maximum absolute atomic E-state index is 11.8. The van der Waals surface area contributed by atoms with Crippen LogP contribution in [0.3, 0.4) is 0 Å². The van der Waals surface area contributed by atoms with E-state index in [1.54, 1.807) is 6.20 Å². The molecule has 0 saturated heterocycles. The number of carboxylic acid groups (broad SMARTS) is 1. The fourth-order valence-electron chi connectivity index (χ4n) is 2.51. The molecule has 20 heavy (non-hydrogen) atoms. The van der Waals surface area contributed by atoms with Crippen molar-refractivity contribution in [1.29, 1.82) is 0 Å². The van der Waals surface area contributed by atoms with Crippen LogP contribution in [0, 0.1) is 12.8 Å². The summed E-state index contributed by atoms with van der Waals surface area (Å²) < 4.78 is 0. The number of nitrogens with zero attached hydrogens (tertiary/aromatic N) is 1. The van der Waals surface area contributed by atoms with Gasteiger partial charge in [0.05, 0.1) is 12.1 Å². The summed E-state index contributed by atoms with van der Waals surface area (Å²) in [6.07, 6.45) is 4.55. The van der Waals surface area contributed by atoms with E-state index < -0.39 is 5.97 Å². The van der Waals surface area contributed by atoms with Crippen LogP contribution >= 0.6 is 0 Å². The Bertz CT molecular complexity index is 486. The molecule has 1 aromatic heterocycles. The average molecular weight is 280 g/mol. The molecule has 0 bridgehead atoms. The van der Waals surface area contributed by atoms with Gasteiger partial charge in [-0.15, -0.1) is 0 Å². The first-order valence-corrected chi connectivity index (χ1v) is 6.82. The standard InChI is InChI=1S/C13H20N4O3/c1-8-10(7-15-17-8)6-14-13(20)16-11-4-2-3-9(5-11)12(18)19/h7,9,11H,2-6H2,1H3,(H,15,17)(H,18,19)(H2,14,16,20). The first kappa shape index (κ1) is 14.4. The minimum absolute atomic E-state index is 0.0599. The van der Waals surface area contributed by atoms with Gasteiger partial charge in [0.1, 0.15) is 0 Å². The molecular formula is C13H20N4O3. The summed E-state index contributed by atoms with van der Waals surface area (Å²) in [6, 6.07) is -0.322. The summed E-state index contributed by atoms with van der Waals surface area (Å²) in [5, 5.41) is 21.3. The highest BCUT2D eigenvalue weighted by Crippen LogP contribution is 2.24. The maximum Gasteiger partial charge on any atom is 0.315 e. The van der Waals surface area contributed by atoms with Crippen molar-refractivity contribution in [3.63, 3.8) is 0 Å². The highest BCUT2D eigenvalue weighted by molar-refractivity contribution is 5.74. The molecule has 1 aliphatic rings. The fraction of sp³-hybridized carbons (Fsp3) is 0.615. The number of carbonyl (C=O) groups excluding carboxylic acids is 1. The molecule has 0 aliphatic heterocycles. The Morgan fingerprint density at radius 3 is 2.95 bits per heavy atom. The van der Waals surface area contributed by atoms with Crippen LogP contribution in [-0.2, 0) is 11.3 Å². The second-order valence-corrected chi connectivity index (χ2v) is 5.25. The molecule has 1 saturated carbocycles. The minimum atomic E-state index is -0.772. The van der Waals surface area contributed by atoms with Gasteiger partial charge in [-0.05, 0) is 26.2 Å². The maximum atomic E-state index is 11.8. The van der Waals surface area contributed by atoms with E-state index in [-0.39, 0.29) is 18.0 Å². The van der Waals surface area contributed by atoms with E-state index in [0.29, 0.717) is 19.4 Å². The average Bonchev–Trinajstić information content (AvgIpc) is 2.82. The lowest BCUT2D eigenvalue weighted by molar-refractivity contribution is -0.143. The molecule has 1 heterocycles. The topological polar surface area (TPSA) is 107 Å². The lowest BCUT2D eigenvalue weighted by Gasteiger charge is -2.27. The van der Waals surface area contributed by atoms with Crippen molar-refractivity contribution in [3.05, 3.63) is 17.5 Å². The van der Waals surface area contributed by atoms with Crippen molar-refractivity contribution < 1.29 is 14.7 Å². The number of carboxylic acids is 1. The Kier molecular flexibility index (Phi) is 4.60. The largest absolute Gasteiger partial charge is 0.481 e. The summed E-state index contributed by atoms with van der Waals surface area (Å²) in [7, 11) is 0. The zero-order valence-electron chi connectivity index (χ0n) is 11.5. The van der Waals surface area contributed by atoms with Crippen LogP contribution in [0.2, 0.25) is 0 Å². The summed E-state index contributed by atoms with van der Waals surface area (Å²) in [4.78, 5) is 22.8. The number of carbonyl (C=O) groups is 2. The van der Waals surface area contributed by atoms with E-state index in [0.717, 1.165) is 24.1 Å². The van der Waals surface area contributed by atoms with E-state index in [1.165, 1.54) is 0 Å². The predicted octanol–water partition coefficient (Wildman–Crippen LogP) is 1.16. The lowest BCUT2D eigenvalue weighted by Crippen LogP contribution is -2.44. The van der Waals surface area contributed by atoms with Crippen LogP contribution in [0.25, 0.3) is 0 Å². The molecule has 0 radical (unpaired) electrons. The van der Waals surface area contributed by atoms with Crippen molar-refractivity contribution in [2.45, 2.75) is 45.2 Å². The van der Waals surface area contributed by atoms with E-state index in [1.807, 2.05) is 6.92 Å². The van der Waals surface area contributed by atoms with Crippen molar-refractivity contribution in [3.8, 4) is 0 Å². The summed E-state index contributed by atoms with van der Waals surface area (Å²) in [6.45, 7) is 2.30. The monoisotopic (exact) mass is 280 g/mol. The van der Waals surface area contributed by atoms with Crippen LogP contribution in [0.5, 0.6) is 0 Å². The number of aromatic amines is 1. The molecule has 4 N–H and O–H groups in total. The third kappa shape index (κ3) is 3.72. The van der Waals surface area contributed by atoms with Crippen molar-refractivity contribution in [1.82, 2.24) is 20.8 Å². The van der Waals surface area contributed by atoms with Crippen molar-refractivity contribution in [2.24, 2.45) is 5.92 Å². The van der Waals surface area contributed by atoms with Gasteiger partial charge in [0.25, 0.3) is 0 Å². The first-order valence-electron chi connectivity index (χ1n) is 6.82. The number of hydrogen-bond donors (Lipinski definition) is 4. The second-order valence-electron chi connectivity index (χ2n) is 5.25. The van der Waals surface area contributed by atoms with Gasteiger partial charge in [0.2, 0.25) is 0 Å². The number of H-pyrrole nitrogens is 1. The number of urea groups is 1. The van der Waals surface area contributed by atoms with E-state index in [9.17, 15) is 9.59 Å². The molecule has 2 amide bonds. The molecule has 1 fully saturated rings. The molecule has 7 nitrogen and oxygen atoms in total. The molecule has 2 atom stereocenters. The SMILES string of the molecule is Cc1[nH]ncc1CNC(=O)NC1CCCC(C(=O)O)C1. The molecule has 2 rings (SSSR count). The van der Waals surface area contributed by atoms with Gasteiger partial charge in [-0.25, -0.2) is 4.79 Å². The lowest BCUT2D eigenvalue weighted by atomic mass is 9.86. The molecule has 0 spiro atoms. The minimum Gasteiger partial charge on any atom is -0.481 e. The van der Waals surface area contributed by atoms with Crippen LogP contribution in [0.15, 0.2) is 6.20 Å². The van der Waals surface area contributed by atoms with Gasteiger partial charge >= 0.3 is 12.0 Å². The number of rotatable bonds is 4. The number of aliphatic carboxylic acids is 1. The Morgan fingerprint density at radius 1 is 1.50 bits per heavy atom. The Hall–Kier alpha value is -2.05. The Morgan fingerprint density at radius 2 is 2.30 bits per heavy atom. The van der Waals surface area contributed by atoms with Crippen molar-refractivity contribution >= 4 is 12.0 Å². The number of hydrogen-bond acceptors (Lipinski definition) is 3. The molecule has 110 valence electrons. The van der Waals surface area contributed by atoms with Crippen LogP contribution in [0.1, 0.15) is 36.9 Å². The third-order valence-electron chi connectivity index (χ3n) is 3.73. The highest BCUT2D eigenvalue weighted by atomic mass is 16.4. The van der Waals surface area contributed by atoms with Crippen molar-refractivity contribution in [2.75, 3.05) is 0 Å². The number of aryl methyl sites for hydroxylation is 1. The zero-order chi connectivity index (χ0) is 14.5. The summed E-state index contributed by atoms with van der Waals surface area (Å²) >= 11 is 0. The second kappa shape index (κ2) is 6.40. The van der Waals surface area contributed by atoms with Crippen LogP contribution in [0.4, 0.5) is 4.79 Å². The van der Waals surface area contributed by atoms with Gasteiger partial charge < -0.3 is 15.7 Å². The number of amides is 2. The molecule has 7 heteroatoms. The molecule has 1 aliphatic carbocycles. The predicted molar refractivity (Wildman–Crippen MR) is 72.1 cm³/mol. The van der Waals surface area contributed by atoms with Gasteiger partial charge in [0, 0.05) is 23.8 Å². The van der Waals surface area contributed by atoms with E-state index in [2.05, 4.69) is 20.8 Å². The molecule has 2 unspecified atom stereocenters.